The first kappa shape index (κ1) is 25.1. The minimum atomic E-state index is -0.0587. The summed E-state index contributed by atoms with van der Waals surface area (Å²) in [6.45, 7) is 7.38. The van der Waals surface area contributed by atoms with Crippen LogP contribution in [0.2, 0.25) is 5.02 Å². The van der Waals surface area contributed by atoms with Crippen LogP contribution in [0.4, 0.5) is 0 Å². The Morgan fingerprint density at radius 3 is 2.53 bits per heavy atom. The molecule has 0 N–H and O–H groups in total. The number of rotatable bonds is 8. The van der Waals surface area contributed by atoms with Gasteiger partial charge >= 0.3 is 0 Å². The van der Waals surface area contributed by atoms with E-state index in [9.17, 15) is 4.79 Å². The number of halogens is 2. The number of ether oxygens (including phenoxy) is 1. The summed E-state index contributed by atoms with van der Waals surface area (Å²) in [7, 11) is 3.48. The number of likely N-dealkylation sites (tertiary alicyclic amines) is 1. The zero-order valence-electron chi connectivity index (χ0n) is 19.5. The van der Waals surface area contributed by atoms with Crippen molar-refractivity contribution in [1.29, 1.82) is 0 Å². The van der Waals surface area contributed by atoms with E-state index in [1.807, 2.05) is 24.3 Å². The highest BCUT2D eigenvalue weighted by atomic mass is 79.9. The van der Waals surface area contributed by atoms with Crippen molar-refractivity contribution in [2.75, 3.05) is 33.7 Å². The fraction of sp³-hybridized carbons (Fsp3) is 0.500. The van der Waals surface area contributed by atoms with Crippen molar-refractivity contribution in [1.82, 2.24) is 9.80 Å². The molecule has 0 spiro atoms. The summed E-state index contributed by atoms with van der Waals surface area (Å²) in [5.74, 6) is 1.59. The predicted octanol–water partition coefficient (Wildman–Crippen LogP) is 6.09. The molecule has 3 rings (SSSR count). The molecule has 6 heteroatoms. The van der Waals surface area contributed by atoms with Crippen molar-refractivity contribution in [3.05, 3.63) is 62.6 Å². The molecule has 0 saturated carbocycles. The highest BCUT2D eigenvalue weighted by Crippen LogP contribution is 2.29. The zero-order valence-corrected chi connectivity index (χ0v) is 21.9. The minimum Gasteiger partial charge on any atom is -0.491 e. The Kier molecular flexibility index (Phi) is 9.04. The Bertz CT molecular complexity index is 924. The van der Waals surface area contributed by atoms with E-state index in [0.717, 1.165) is 38.2 Å². The summed E-state index contributed by atoms with van der Waals surface area (Å²) in [5.41, 5.74) is 3.08. The van der Waals surface area contributed by atoms with Crippen LogP contribution in [0.5, 0.6) is 5.75 Å². The van der Waals surface area contributed by atoms with Crippen LogP contribution >= 0.6 is 27.5 Å². The molecule has 1 heterocycles. The highest BCUT2D eigenvalue weighted by Gasteiger charge is 2.21. The molecule has 2 aromatic carbocycles. The molecule has 0 bridgehead atoms. The number of hydrogen-bond donors (Lipinski definition) is 0. The molecule has 1 fully saturated rings. The number of benzene rings is 2. The van der Waals surface area contributed by atoms with Gasteiger partial charge < -0.3 is 14.5 Å². The van der Waals surface area contributed by atoms with E-state index in [-0.39, 0.29) is 12.0 Å². The van der Waals surface area contributed by atoms with Gasteiger partial charge in [-0.15, -0.1) is 0 Å². The van der Waals surface area contributed by atoms with Gasteiger partial charge in [-0.25, -0.2) is 0 Å². The monoisotopic (exact) mass is 520 g/mol. The second-order valence-corrected chi connectivity index (χ2v) is 10.4. The number of carbonyl (C=O) groups is 1. The molecule has 32 heavy (non-hydrogen) atoms. The first-order valence-electron chi connectivity index (χ1n) is 11.4. The molecular formula is C26H34BrClN2O2. The van der Waals surface area contributed by atoms with Gasteiger partial charge in [0, 0.05) is 25.1 Å². The van der Waals surface area contributed by atoms with Crippen LogP contribution in [0.1, 0.15) is 48.2 Å². The lowest BCUT2D eigenvalue weighted by Gasteiger charge is -2.32. The van der Waals surface area contributed by atoms with Gasteiger partial charge in [-0.2, -0.15) is 0 Å². The minimum absolute atomic E-state index is 0.0587. The summed E-state index contributed by atoms with van der Waals surface area (Å²) in [4.78, 5) is 16.2. The van der Waals surface area contributed by atoms with E-state index in [4.69, 9.17) is 16.3 Å². The van der Waals surface area contributed by atoms with E-state index in [2.05, 4.69) is 46.8 Å². The Hall–Kier alpha value is -1.56. The van der Waals surface area contributed by atoms with Crippen LogP contribution in [0.25, 0.3) is 0 Å². The summed E-state index contributed by atoms with van der Waals surface area (Å²) >= 11 is 10.1. The van der Waals surface area contributed by atoms with Crippen LogP contribution in [-0.4, -0.2) is 55.5 Å². The molecule has 4 nitrogen and oxygen atoms in total. The molecule has 174 valence electrons. The highest BCUT2D eigenvalue weighted by molar-refractivity contribution is 9.10. The maximum atomic E-state index is 12.2. The lowest BCUT2D eigenvalue weighted by Crippen LogP contribution is -2.35. The van der Waals surface area contributed by atoms with Gasteiger partial charge in [0.05, 0.1) is 16.7 Å². The van der Waals surface area contributed by atoms with Crippen molar-refractivity contribution in [3.8, 4) is 5.75 Å². The van der Waals surface area contributed by atoms with Crippen molar-refractivity contribution in [2.24, 2.45) is 5.92 Å². The topological polar surface area (TPSA) is 32.8 Å². The quantitative estimate of drug-likeness (QED) is 0.421. The van der Waals surface area contributed by atoms with Gasteiger partial charge in [-0.05, 0) is 100.0 Å². The average molecular weight is 522 g/mol. The normalized spacial score (nSPS) is 15.2. The molecule has 1 amide bonds. The van der Waals surface area contributed by atoms with E-state index < -0.39 is 0 Å². The SMILES string of the molecule is CC(C)Oc1ccc(Br)c(CC2CCN(CCc3ccc(C(=O)N(C)C)c(Cl)c3)CC2)c1. The van der Waals surface area contributed by atoms with Gasteiger partial charge in [0.1, 0.15) is 5.75 Å². The third-order valence-corrected chi connectivity index (χ3v) is 7.08. The molecule has 1 aliphatic rings. The van der Waals surface area contributed by atoms with Gasteiger partial charge in [0.15, 0.2) is 0 Å². The summed E-state index contributed by atoms with van der Waals surface area (Å²) in [6.07, 6.45) is 4.63. The van der Waals surface area contributed by atoms with Gasteiger partial charge in [0.25, 0.3) is 5.91 Å². The number of hydrogen-bond acceptors (Lipinski definition) is 3. The maximum absolute atomic E-state index is 12.2. The first-order chi connectivity index (χ1) is 15.2. The number of piperidine rings is 1. The molecule has 1 aliphatic heterocycles. The molecule has 0 aliphatic carbocycles. The van der Waals surface area contributed by atoms with Crippen molar-refractivity contribution in [2.45, 2.75) is 45.6 Å². The summed E-state index contributed by atoms with van der Waals surface area (Å²) in [6, 6.07) is 12.1. The second-order valence-electron chi connectivity index (χ2n) is 9.17. The molecule has 0 unspecified atom stereocenters. The largest absolute Gasteiger partial charge is 0.491 e. The molecule has 0 aromatic heterocycles. The molecular weight excluding hydrogens is 488 g/mol. The van der Waals surface area contributed by atoms with E-state index in [0.29, 0.717) is 16.5 Å². The number of nitrogens with zero attached hydrogens (tertiary/aromatic N) is 2. The Balaban J connectivity index is 1.48. The van der Waals surface area contributed by atoms with E-state index in [1.54, 1.807) is 19.0 Å². The van der Waals surface area contributed by atoms with Crippen molar-refractivity contribution in [3.63, 3.8) is 0 Å². The Labute approximate surface area is 206 Å². The van der Waals surface area contributed by atoms with Crippen LogP contribution in [0.15, 0.2) is 40.9 Å². The van der Waals surface area contributed by atoms with Crippen LogP contribution in [0, 0.1) is 5.92 Å². The van der Waals surface area contributed by atoms with Crippen molar-refractivity contribution < 1.29 is 9.53 Å². The lowest BCUT2D eigenvalue weighted by molar-refractivity contribution is 0.0827. The maximum Gasteiger partial charge on any atom is 0.254 e. The summed E-state index contributed by atoms with van der Waals surface area (Å²) in [5, 5.41) is 0.536. The number of carbonyl (C=O) groups excluding carboxylic acids is 1. The smallest absolute Gasteiger partial charge is 0.254 e. The molecule has 0 radical (unpaired) electrons. The zero-order chi connectivity index (χ0) is 23.3. The third-order valence-electron chi connectivity index (χ3n) is 5.99. The predicted molar refractivity (Wildman–Crippen MR) is 136 cm³/mol. The second kappa shape index (κ2) is 11.5. The fourth-order valence-corrected chi connectivity index (χ4v) is 4.89. The average Bonchev–Trinajstić information content (AvgIpc) is 2.75. The van der Waals surface area contributed by atoms with Gasteiger partial charge in [0.2, 0.25) is 0 Å². The van der Waals surface area contributed by atoms with Crippen LogP contribution < -0.4 is 4.74 Å². The first-order valence-corrected chi connectivity index (χ1v) is 12.6. The van der Waals surface area contributed by atoms with Gasteiger partial charge in [-0.1, -0.05) is 33.6 Å². The van der Waals surface area contributed by atoms with Crippen LogP contribution in [0.3, 0.4) is 0 Å². The standard InChI is InChI=1S/C26H34BrClN2O2/c1-18(2)32-22-6-8-24(27)21(17-22)15-20-10-13-30(14-11-20)12-9-19-5-7-23(25(28)16-19)26(31)29(3)4/h5-8,16-18,20H,9-15H2,1-4H3. The molecule has 0 atom stereocenters. The van der Waals surface area contributed by atoms with Gasteiger partial charge in [-0.3, -0.25) is 4.79 Å². The van der Waals surface area contributed by atoms with Crippen LogP contribution in [-0.2, 0) is 12.8 Å². The third kappa shape index (κ3) is 6.97. The van der Waals surface area contributed by atoms with E-state index in [1.165, 1.54) is 28.4 Å². The Morgan fingerprint density at radius 2 is 1.91 bits per heavy atom. The number of amides is 1. The van der Waals surface area contributed by atoms with Crippen molar-refractivity contribution >= 4 is 33.4 Å². The Morgan fingerprint density at radius 1 is 1.19 bits per heavy atom. The van der Waals surface area contributed by atoms with E-state index >= 15 is 0 Å². The lowest BCUT2D eigenvalue weighted by atomic mass is 9.90. The molecule has 1 saturated heterocycles. The molecule has 2 aromatic rings. The fourth-order valence-electron chi connectivity index (χ4n) is 4.19. The summed E-state index contributed by atoms with van der Waals surface area (Å²) < 4.78 is 7.04.